The van der Waals surface area contributed by atoms with Crippen LogP contribution < -0.4 is 0 Å². The predicted molar refractivity (Wildman–Crippen MR) is 123 cm³/mol. The first kappa shape index (κ1) is 21.4. The lowest BCUT2D eigenvalue weighted by Crippen LogP contribution is -2.31. The summed E-state index contributed by atoms with van der Waals surface area (Å²) in [6.07, 6.45) is 4.02. The van der Waals surface area contributed by atoms with Crippen LogP contribution in [0, 0.1) is 0 Å². The summed E-state index contributed by atoms with van der Waals surface area (Å²) in [6, 6.07) is 14.1. The van der Waals surface area contributed by atoms with E-state index in [9.17, 15) is 5.11 Å². The van der Waals surface area contributed by atoms with Gasteiger partial charge in [0.15, 0.2) is 0 Å². The van der Waals surface area contributed by atoms with E-state index in [2.05, 4.69) is 36.9 Å². The number of aliphatic hydroxyl groups is 1. The summed E-state index contributed by atoms with van der Waals surface area (Å²) in [5.41, 5.74) is 0.949. The van der Waals surface area contributed by atoms with Crippen molar-refractivity contribution in [3.05, 3.63) is 58.1 Å². The molecule has 0 radical (unpaired) electrons. The van der Waals surface area contributed by atoms with Crippen LogP contribution in [-0.4, -0.2) is 29.6 Å². The average Bonchev–Trinajstić information content (AvgIpc) is 2.69. The minimum Gasteiger partial charge on any atom is -0.387 e. The van der Waals surface area contributed by atoms with E-state index in [0.29, 0.717) is 16.6 Å². The van der Waals surface area contributed by atoms with E-state index in [1.54, 1.807) is 0 Å². The van der Waals surface area contributed by atoms with Crippen molar-refractivity contribution >= 4 is 44.7 Å². The third-order valence-corrected chi connectivity index (χ3v) is 6.09. The van der Waals surface area contributed by atoms with Gasteiger partial charge in [0.05, 0.1) is 16.1 Å². The van der Waals surface area contributed by atoms with Gasteiger partial charge in [-0.05, 0) is 71.2 Å². The fourth-order valence-electron chi connectivity index (χ4n) is 3.85. The standard InChI is InChI=1S/C24H29Cl2NO/c1-3-5-11-27(12-6-4-2)16-23(28)24-19-10-8-7-9-17(19)13-18-14-21(25)22(26)15-20(18)24/h7-10,13-15,23,28H,3-6,11-12,16H2,1-2H3. The van der Waals surface area contributed by atoms with Crippen molar-refractivity contribution in [2.24, 2.45) is 0 Å². The maximum atomic E-state index is 11.3. The van der Waals surface area contributed by atoms with E-state index >= 15 is 0 Å². The summed E-state index contributed by atoms with van der Waals surface area (Å²) in [6.45, 7) is 7.08. The summed E-state index contributed by atoms with van der Waals surface area (Å²) in [5, 5.41) is 16.6. The van der Waals surface area contributed by atoms with Gasteiger partial charge in [-0.1, -0.05) is 74.2 Å². The largest absolute Gasteiger partial charge is 0.387 e. The Hall–Kier alpha value is -1.32. The van der Waals surface area contributed by atoms with Crippen LogP contribution in [0.3, 0.4) is 0 Å². The predicted octanol–water partition coefficient (Wildman–Crippen LogP) is 7.24. The molecule has 0 amide bonds. The number of nitrogens with zero attached hydrogens (tertiary/aromatic N) is 1. The third-order valence-electron chi connectivity index (χ3n) is 5.36. The van der Waals surface area contributed by atoms with Crippen LogP contribution in [0.5, 0.6) is 0 Å². The van der Waals surface area contributed by atoms with Gasteiger partial charge >= 0.3 is 0 Å². The van der Waals surface area contributed by atoms with Crippen molar-refractivity contribution in [3.63, 3.8) is 0 Å². The number of aliphatic hydroxyl groups excluding tert-OH is 1. The average molecular weight is 418 g/mol. The Morgan fingerprint density at radius 1 is 0.857 bits per heavy atom. The smallest absolute Gasteiger partial charge is 0.0928 e. The van der Waals surface area contributed by atoms with Gasteiger partial charge in [0.2, 0.25) is 0 Å². The number of fused-ring (bicyclic) bond motifs is 2. The highest BCUT2D eigenvalue weighted by molar-refractivity contribution is 6.43. The van der Waals surface area contributed by atoms with Crippen molar-refractivity contribution < 1.29 is 5.11 Å². The van der Waals surface area contributed by atoms with E-state index in [-0.39, 0.29) is 0 Å². The molecule has 0 spiro atoms. The van der Waals surface area contributed by atoms with Crippen LogP contribution in [0.25, 0.3) is 21.5 Å². The van der Waals surface area contributed by atoms with Gasteiger partial charge in [0.1, 0.15) is 0 Å². The number of rotatable bonds is 9. The van der Waals surface area contributed by atoms with Gasteiger partial charge < -0.3 is 10.0 Å². The van der Waals surface area contributed by atoms with Crippen LogP contribution in [0.2, 0.25) is 10.0 Å². The van der Waals surface area contributed by atoms with E-state index < -0.39 is 6.10 Å². The summed E-state index contributed by atoms with van der Waals surface area (Å²) < 4.78 is 0. The molecule has 0 aliphatic carbocycles. The highest BCUT2D eigenvalue weighted by Gasteiger charge is 2.19. The number of benzene rings is 3. The second-order valence-corrected chi connectivity index (χ2v) is 8.34. The molecule has 3 aromatic carbocycles. The molecule has 0 heterocycles. The Labute approximate surface area is 178 Å². The zero-order valence-corrected chi connectivity index (χ0v) is 18.2. The Morgan fingerprint density at radius 2 is 1.50 bits per heavy atom. The zero-order valence-electron chi connectivity index (χ0n) is 16.7. The second kappa shape index (κ2) is 9.93. The van der Waals surface area contributed by atoms with Crippen molar-refractivity contribution in [3.8, 4) is 0 Å². The number of unbranched alkanes of at least 4 members (excludes halogenated alkanes) is 2. The molecule has 0 saturated carbocycles. The lowest BCUT2D eigenvalue weighted by molar-refractivity contribution is 0.113. The van der Waals surface area contributed by atoms with Crippen LogP contribution in [0.15, 0.2) is 42.5 Å². The fourth-order valence-corrected chi connectivity index (χ4v) is 4.18. The molecule has 0 saturated heterocycles. The normalized spacial score (nSPS) is 12.9. The maximum Gasteiger partial charge on any atom is 0.0928 e. The molecule has 2 nitrogen and oxygen atoms in total. The van der Waals surface area contributed by atoms with Gasteiger partial charge in [0.25, 0.3) is 0 Å². The summed E-state index contributed by atoms with van der Waals surface area (Å²) in [7, 11) is 0. The number of hydrogen-bond acceptors (Lipinski definition) is 2. The Kier molecular flexibility index (Phi) is 7.59. The molecule has 4 heteroatoms. The fraction of sp³-hybridized carbons (Fsp3) is 0.417. The maximum absolute atomic E-state index is 11.3. The molecule has 0 aliphatic rings. The van der Waals surface area contributed by atoms with Crippen molar-refractivity contribution in [1.82, 2.24) is 4.90 Å². The van der Waals surface area contributed by atoms with Crippen LogP contribution in [-0.2, 0) is 0 Å². The first-order valence-electron chi connectivity index (χ1n) is 10.3. The number of halogens is 2. The van der Waals surface area contributed by atoms with Crippen LogP contribution in [0.4, 0.5) is 0 Å². The first-order chi connectivity index (χ1) is 13.5. The molecule has 0 bridgehead atoms. The van der Waals surface area contributed by atoms with E-state index in [4.69, 9.17) is 23.2 Å². The molecular weight excluding hydrogens is 389 g/mol. The third kappa shape index (κ3) is 4.80. The van der Waals surface area contributed by atoms with Crippen molar-refractivity contribution in [2.45, 2.75) is 45.6 Å². The summed E-state index contributed by atoms with van der Waals surface area (Å²) in [4.78, 5) is 2.39. The van der Waals surface area contributed by atoms with Crippen molar-refractivity contribution in [1.29, 1.82) is 0 Å². The first-order valence-corrected chi connectivity index (χ1v) is 11.0. The topological polar surface area (TPSA) is 23.5 Å². The highest BCUT2D eigenvalue weighted by atomic mass is 35.5. The Balaban J connectivity index is 2.06. The monoisotopic (exact) mass is 417 g/mol. The van der Waals surface area contributed by atoms with Crippen LogP contribution in [0.1, 0.15) is 51.2 Å². The minimum atomic E-state index is -0.584. The number of hydrogen-bond donors (Lipinski definition) is 1. The SMILES string of the molecule is CCCCN(CCCC)CC(O)c1c2ccccc2cc2cc(Cl)c(Cl)cc12. The molecule has 1 unspecified atom stereocenters. The minimum absolute atomic E-state index is 0.520. The van der Waals surface area contributed by atoms with Gasteiger partial charge in [-0.3, -0.25) is 0 Å². The molecule has 3 rings (SSSR count). The van der Waals surface area contributed by atoms with Crippen molar-refractivity contribution in [2.75, 3.05) is 19.6 Å². The van der Waals surface area contributed by atoms with Gasteiger partial charge in [0, 0.05) is 6.54 Å². The molecule has 28 heavy (non-hydrogen) atoms. The lowest BCUT2D eigenvalue weighted by atomic mass is 9.93. The van der Waals surface area contributed by atoms with Gasteiger partial charge in [-0.2, -0.15) is 0 Å². The van der Waals surface area contributed by atoms with E-state index in [1.807, 2.05) is 24.3 Å². The second-order valence-electron chi connectivity index (χ2n) is 7.52. The zero-order chi connectivity index (χ0) is 20.1. The molecule has 1 atom stereocenters. The summed E-state index contributed by atoms with van der Waals surface area (Å²) in [5.74, 6) is 0. The van der Waals surface area contributed by atoms with Gasteiger partial charge in [-0.25, -0.2) is 0 Å². The molecule has 0 aromatic heterocycles. The molecule has 0 fully saturated rings. The van der Waals surface area contributed by atoms with Gasteiger partial charge in [-0.15, -0.1) is 0 Å². The van der Waals surface area contributed by atoms with E-state index in [0.717, 1.165) is 65.9 Å². The van der Waals surface area contributed by atoms with Crippen LogP contribution >= 0.6 is 23.2 Å². The van der Waals surface area contributed by atoms with E-state index in [1.165, 1.54) is 0 Å². The molecule has 0 aliphatic heterocycles. The Bertz CT molecular complexity index is 933. The molecular formula is C24H29Cl2NO. The lowest BCUT2D eigenvalue weighted by Gasteiger charge is -2.26. The molecule has 150 valence electrons. The molecule has 1 N–H and O–H groups in total. The Morgan fingerprint density at radius 3 is 2.18 bits per heavy atom. The quantitative estimate of drug-likeness (QED) is 0.370. The summed E-state index contributed by atoms with van der Waals surface area (Å²) >= 11 is 12.6. The highest BCUT2D eigenvalue weighted by Crippen LogP contribution is 2.37. The molecule has 3 aromatic rings.